The molecule has 0 saturated heterocycles. The fourth-order valence-corrected chi connectivity index (χ4v) is 2.61. The maximum atomic E-state index is 4.80. The number of aromatic amines is 1. The molecule has 116 valence electrons. The van der Waals surface area contributed by atoms with Crippen LogP contribution in [-0.2, 0) is 0 Å². The van der Waals surface area contributed by atoms with Gasteiger partial charge < -0.3 is 4.98 Å². The van der Waals surface area contributed by atoms with E-state index < -0.39 is 0 Å². The molecular weight excluding hydrogens is 296 g/mol. The van der Waals surface area contributed by atoms with Gasteiger partial charge in [-0.1, -0.05) is 42.0 Å². The first-order chi connectivity index (χ1) is 11.8. The van der Waals surface area contributed by atoms with Crippen LogP contribution in [0.15, 0.2) is 73.1 Å². The molecule has 3 heterocycles. The van der Waals surface area contributed by atoms with Crippen molar-refractivity contribution in [2.45, 2.75) is 6.92 Å². The van der Waals surface area contributed by atoms with Crippen molar-refractivity contribution in [2.24, 2.45) is 0 Å². The highest BCUT2D eigenvalue weighted by Crippen LogP contribution is 2.30. The minimum absolute atomic E-state index is 0.810. The first-order valence-electron chi connectivity index (χ1n) is 7.81. The van der Waals surface area contributed by atoms with Gasteiger partial charge in [0.2, 0.25) is 0 Å². The molecule has 0 amide bonds. The molecule has 1 N–H and O–H groups in total. The summed E-state index contributed by atoms with van der Waals surface area (Å²) in [6, 6.07) is 20.0. The number of pyridine rings is 2. The summed E-state index contributed by atoms with van der Waals surface area (Å²) >= 11 is 0. The Labute approximate surface area is 140 Å². The Bertz CT molecular complexity index is 885. The van der Waals surface area contributed by atoms with Gasteiger partial charge in [-0.05, 0) is 31.2 Å². The second-order valence-corrected chi connectivity index (χ2v) is 5.60. The maximum absolute atomic E-state index is 4.80. The average molecular weight is 312 g/mol. The number of H-pyrrole nitrogens is 1. The second kappa shape index (κ2) is 6.08. The molecule has 0 saturated carbocycles. The summed E-state index contributed by atoms with van der Waals surface area (Å²) in [5, 5.41) is 0. The molecule has 0 aliphatic rings. The lowest BCUT2D eigenvalue weighted by Gasteiger charge is -2.00. The van der Waals surface area contributed by atoms with Crippen LogP contribution in [0.1, 0.15) is 5.56 Å². The van der Waals surface area contributed by atoms with Gasteiger partial charge in [-0.15, -0.1) is 0 Å². The molecule has 0 aliphatic heterocycles. The molecule has 4 heteroatoms. The van der Waals surface area contributed by atoms with Gasteiger partial charge in [0.05, 0.1) is 17.1 Å². The maximum Gasteiger partial charge on any atom is 0.138 e. The Morgan fingerprint density at radius 3 is 2.04 bits per heavy atom. The zero-order valence-electron chi connectivity index (χ0n) is 13.3. The van der Waals surface area contributed by atoms with E-state index >= 15 is 0 Å². The van der Waals surface area contributed by atoms with E-state index in [0.29, 0.717) is 0 Å². The summed E-state index contributed by atoms with van der Waals surface area (Å²) in [6.45, 7) is 2.07. The predicted molar refractivity (Wildman–Crippen MR) is 95.2 cm³/mol. The molecule has 0 spiro atoms. The molecule has 0 unspecified atom stereocenters. The number of aryl methyl sites for hydroxylation is 1. The Kier molecular flexibility index (Phi) is 3.63. The van der Waals surface area contributed by atoms with Crippen molar-refractivity contribution in [3.05, 3.63) is 78.6 Å². The molecule has 24 heavy (non-hydrogen) atoms. The van der Waals surface area contributed by atoms with Crippen molar-refractivity contribution in [1.29, 1.82) is 0 Å². The van der Waals surface area contributed by atoms with E-state index in [1.165, 1.54) is 5.56 Å². The first-order valence-corrected chi connectivity index (χ1v) is 7.81. The van der Waals surface area contributed by atoms with Crippen molar-refractivity contribution >= 4 is 0 Å². The molecule has 0 atom stereocenters. The molecule has 3 aromatic heterocycles. The highest BCUT2D eigenvalue weighted by Gasteiger charge is 2.16. The molecule has 4 aromatic rings. The van der Waals surface area contributed by atoms with E-state index in [1.54, 1.807) is 12.4 Å². The molecule has 0 fully saturated rings. The van der Waals surface area contributed by atoms with E-state index in [-0.39, 0.29) is 0 Å². The monoisotopic (exact) mass is 312 g/mol. The number of nitrogens with zero attached hydrogens (tertiary/aromatic N) is 3. The smallest absolute Gasteiger partial charge is 0.138 e. The molecular formula is C20H16N4. The Hall–Kier alpha value is -3.27. The van der Waals surface area contributed by atoms with Crippen LogP contribution in [0, 0.1) is 6.92 Å². The lowest BCUT2D eigenvalue weighted by Crippen LogP contribution is -1.88. The van der Waals surface area contributed by atoms with Gasteiger partial charge >= 0.3 is 0 Å². The fraction of sp³-hybridized carbons (Fsp3) is 0.0500. The Morgan fingerprint density at radius 2 is 1.42 bits per heavy atom. The third-order valence-electron chi connectivity index (χ3n) is 3.86. The van der Waals surface area contributed by atoms with E-state index in [4.69, 9.17) is 4.98 Å². The van der Waals surface area contributed by atoms with Crippen molar-refractivity contribution in [1.82, 2.24) is 19.9 Å². The number of nitrogens with one attached hydrogen (secondary N) is 1. The SMILES string of the molecule is Cc1ccc(-c2nc(-c3ccccn3)c(-c3ccccn3)[nH]2)cc1. The van der Waals surface area contributed by atoms with E-state index in [9.17, 15) is 0 Å². The summed E-state index contributed by atoms with van der Waals surface area (Å²) in [7, 11) is 0. The number of imidazole rings is 1. The zero-order chi connectivity index (χ0) is 16.4. The number of hydrogen-bond donors (Lipinski definition) is 1. The van der Waals surface area contributed by atoms with E-state index in [0.717, 1.165) is 34.2 Å². The minimum Gasteiger partial charge on any atom is -0.336 e. The van der Waals surface area contributed by atoms with Crippen LogP contribution >= 0.6 is 0 Å². The molecule has 0 aliphatic carbocycles. The van der Waals surface area contributed by atoms with Gasteiger partial charge in [-0.2, -0.15) is 0 Å². The van der Waals surface area contributed by atoms with E-state index in [2.05, 4.69) is 46.1 Å². The number of aromatic nitrogens is 4. The lowest BCUT2D eigenvalue weighted by molar-refractivity contribution is 1.27. The summed E-state index contributed by atoms with van der Waals surface area (Å²) in [5.41, 5.74) is 5.63. The highest BCUT2D eigenvalue weighted by molar-refractivity contribution is 5.78. The van der Waals surface area contributed by atoms with Gasteiger partial charge in [0.1, 0.15) is 11.5 Å². The quantitative estimate of drug-likeness (QED) is 0.605. The molecule has 4 rings (SSSR count). The lowest BCUT2D eigenvalue weighted by atomic mass is 10.1. The first kappa shape index (κ1) is 14.3. The average Bonchev–Trinajstić information content (AvgIpc) is 3.09. The van der Waals surface area contributed by atoms with Gasteiger partial charge in [0.15, 0.2) is 0 Å². The standard InChI is InChI=1S/C20H16N4/c1-14-8-10-15(11-9-14)20-23-18(16-6-2-4-12-21-16)19(24-20)17-7-3-5-13-22-17/h2-13H,1H3,(H,23,24). The summed E-state index contributed by atoms with van der Waals surface area (Å²) < 4.78 is 0. The number of hydrogen-bond acceptors (Lipinski definition) is 3. The van der Waals surface area contributed by atoms with Crippen molar-refractivity contribution in [3.8, 4) is 34.2 Å². The predicted octanol–water partition coefficient (Wildman–Crippen LogP) is 4.51. The summed E-state index contributed by atoms with van der Waals surface area (Å²) in [4.78, 5) is 17.1. The van der Waals surface area contributed by atoms with Crippen molar-refractivity contribution in [2.75, 3.05) is 0 Å². The molecule has 1 aromatic carbocycles. The topological polar surface area (TPSA) is 54.5 Å². The van der Waals surface area contributed by atoms with Crippen LogP contribution in [0.3, 0.4) is 0 Å². The van der Waals surface area contributed by atoms with Crippen LogP contribution in [0.2, 0.25) is 0 Å². The second-order valence-electron chi connectivity index (χ2n) is 5.60. The van der Waals surface area contributed by atoms with Gasteiger partial charge in [0.25, 0.3) is 0 Å². The normalized spacial score (nSPS) is 10.7. The van der Waals surface area contributed by atoms with Gasteiger partial charge in [-0.3, -0.25) is 9.97 Å². The summed E-state index contributed by atoms with van der Waals surface area (Å²) in [6.07, 6.45) is 3.56. The minimum atomic E-state index is 0.810. The molecule has 4 nitrogen and oxygen atoms in total. The van der Waals surface area contributed by atoms with Crippen LogP contribution in [-0.4, -0.2) is 19.9 Å². The third kappa shape index (κ3) is 2.70. The summed E-state index contributed by atoms with van der Waals surface area (Å²) in [5.74, 6) is 0.816. The largest absolute Gasteiger partial charge is 0.336 e. The van der Waals surface area contributed by atoms with Crippen LogP contribution in [0.25, 0.3) is 34.2 Å². The van der Waals surface area contributed by atoms with Crippen molar-refractivity contribution < 1.29 is 0 Å². The van der Waals surface area contributed by atoms with E-state index in [1.807, 2.05) is 36.4 Å². The van der Waals surface area contributed by atoms with Crippen LogP contribution < -0.4 is 0 Å². The van der Waals surface area contributed by atoms with Crippen LogP contribution in [0.5, 0.6) is 0 Å². The number of benzene rings is 1. The zero-order valence-corrected chi connectivity index (χ0v) is 13.3. The van der Waals surface area contributed by atoms with Crippen LogP contribution in [0.4, 0.5) is 0 Å². The Morgan fingerprint density at radius 1 is 0.750 bits per heavy atom. The highest BCUT2D eigenvalue weighted by atomic mass is 15.0. The molecule has 0 radical (unpaired) electrons. The van der Waals surface area contributed by atoms with Crippen molar-refractivity contribution in [3.63, 3.8) is 0 Å². The number of rotatable bonds is 3. The van der Waals surface area contributed by atoms with Gasteiger partial charge in [0, 0.05) is 18.0 Å². The van der Waals surface area contributed by atoms with Gasteiger partial charge in [-0.25, -0.2) is 4.98 Å². The molecule has 0 bridgehead atoms. The fourth-order valence-electron chi connectivity index (χ4n) is 2.61. The third-order valence-corrected chi connectivity index (χ3v) is 3.86. The Balaban J connectivity index is 1.89.